The fourth-order valence-corrected chi connectivity index (χ4v) is 3.37. The van der Waals surface area contributed by atoms with Crippen molar-refractivity contribution in [2.75, 3.05) is 5.73 Å². The first-order valence-corrected chi connectivity index (χ1v) is 7.66. The van der Waals surface area contributed by atoms with Crippen molar-refractivity contribution in [2.45, 2.75) is 17.6 Å². The monoisotopic (exact) mass is 293 g/mol. The molecule has 0 amide bonds. The molecule has 2 aromatic heterocycles. The summed E-state index contributed by atoms with van der Waals surface area (Å²) in [7, 11) is 0. The van der Waals surface area contributed by atoms with Crippen LogP contribution >= 0.6 is 11.8 Å². The van der Waals surface area contributed by atoms with Gasteiger partial charge in [0.05, 0.1) is 11.1 Å². The van der Waals surface area contributed by atoms with Gasteiger partial charge in [0.25, 0.3) is 0 Å². The SMILES string of the molecule is Cc1cccc(SCc2cn3ccccc3c2C#N)c1N. The number of nitriles is 1. The number of anilines is 1. The smallest absolute Gasteiger partial charge is 0.102 e. The fraction of sp³-hybridized carbons (Fsp3) is 0.118. The zero-order chi connectivity index (χ0) is 14.8. The molecular formula is C17H15N3S. The van der Waals surface area contributed by atoms with Gasteiger partial charge in [-0.15, -0.1) is 11.8 Å². The molecule has 21 heavy (non-hydrogen) atoms. The second kappa shape index (κ2) is 5.55. The highest BCUT2D eigenvalue weighted by Gasteiger charge is 2.11. The number of nitrogens with two attached hydrogens (primary N) is 1. The fourth-order valence-electron chi connectivity index (χ4n) is 2.35. The molecule has 1 aromatic carbocycles. The van der Waals surface area contributed by atoms with Gasteiger partial charge in [-0.3, -0.25) is 0 Å². The van der Waals surface area contributed by atoms with Crippen LogP contribution in [0.1, 0.15) is 16.7 Å². The lowest BCUT2D eigenvalue weighted by molar-refractivity contribution is 1.18. The zero-order valence-corrected chi connectivity index (χ0v) is 12.5. The third kappa shape index (κ3) is 2.48. The van der Waals surface area contributed by atoms with Gasteiger partial charge in [0.2, 0.25) is 0 Å². The molecule has 0 bridgehead atoms. The van der Waals surface area contributed by atoms with E-state index in [2.05, 4.69) is 6.07 Å². The molecule has 0 fully saturated rings. The van der Waals surface area contributed by atoms with E-state index < -0.39 is 0 Å². The standard InChI is InChI=1S/C17H15N3S/c1-12-5-4-7-16(17(12)19)21-11-13-10-20-8-3-2-6-15(20)14(13)9-18/h2-8,10H,11,19H2,1H3. The Morgan fingerprint density at radius 3 is 2.90 bits per heavy atom. The van der Waals surface area contributed by atoms with E-state index in [1.165, 1.54) is 0 Å². The number of aryl methyl sites for hydroxylation is 1. The minimum absolute atomic E-state index is 0.734. The van der Waals surface area contributed by atoms with Gasteiger partial charge < -0.3 is 10.1 Å². The maximum atomic E-state index is 9.40. The van der Waals surface area contributed by atoms with Crippen molar-refractivity contribution in [3.63, 3.8) is 0 Å². The van der Waals surface area contributed by atoms with Gasteiger partial charge in [0.15, 0.2) is 0 Å². The van der Waals surface area contributed by atoms with E-state index in [-0.39, 0.29) is 0 Å². The summed E-state index contributed by atoms with van der Waals surface area (Å²) in [5, 5.41) is 9.40. The van der Waals surface area contributed by atoms with Crippen LogP contribution < -0.4 is 5.73 Å². The van der Waals surface area contributed by atoms with E-state index in [1.807, 2.05) is 60.1 Å². The van der Waals surface area contributed by atoms with Gasteiger partial charge >= 0.3 is 0 Å². The summed E-state index contributed by atoms with van der Waals surface area (Å²) in [6.45, 7) is 2.01. The number of thioether (sulfide) groups is 1. The quantitative estimate of drug-likeness (QED) is 0.586. The highest BCUT2D eigenvalue weighted by Crippen LogP contribution is 2.32. The van der Waals surface area contributed by atoms with Gasteiger partial charge in [0.1, 0.15) is 6.07 Å². The lowest BCUT2D eigenvalue weighted by atomic mass is 10.2. The molecule has 0 saturated heterocycles. The van der Waals surface area contributed by atoms with Gasteiger partial charge in [-0.2, -0.15) is 5.26 Å². The van der Waals surface area contributed by atoms with Crippen LogP contribution in [0.4, 0.5) is 5.69 Å². The van der Waals surface area contributed by atoms with Crippen molar-refractivity contribution in [3.05, 3.63) is 65.5 Å². The third-order valence-electron chi connectivity index (χ3n) is 3.54. The van der Waals surface area contributed by atoms with Crippen molar-refractivity contribution in [3.8, 4) is 6.07 Å². The number of rotatable bonds is 3. The minimum atomic E-state index is 0.734. The second-order valence-corrected chi connectivity index (χ2v) is 5.93. The van der Waals surface area contributed by atoms with Crippen LogP contribution in [0.15, 0.2) is 53.7 Å². The predicted molar refractivity (Wildman–Crippen MR) is 87.3 cm³/mol. The molecule has 0 aliphatic rings. The summed E-state index contributed by atoms with van der Waals surface area (Å²) in [5.41, 5.74) is 10.7. The Morgan fingerprint density at radius 2 is 2.10 bits per heavy atom. The van der Waals surface area contributed by atoms with Crippen LogP contribution in [0.3, 0.4) is 0 Å². The molecule has 3 rings (SSSR count). The van der Waals surface area contributed by atoms with Gasteiger partial charge in [-0.1, -0.05) is 18.2 Å². The van der Waals surface area contributed by atoms with E-state index in [4.69, 9.17) is 5.73 Å². The predicted octanol–water partition coefficient (Wildman–Crippen LogP) is 3.99. The van der Waals surface area contributed by atoms with Crippen molar-refractivity contribution >= 4 is 23.0 Å². The lowest BCUT2D eigenvalue weighted by Gasteiger charge is -2.07. The van der Waals surface area contributed by atoms with E-state index in [1.54, 1.807) is 11.8 Å². The normalized spacial score (nSPS) is 10.7. The van der Waals surface area contributed by atoms with Crippen molar-refractivity contribution < 1.29 is 0 Å². The molecular weight excluding hydrogens is 278 g/mol. The molecule has 104 valence electrons. The van der Waals surface area contributed by atoms with Crippen molar-refractivity contribution in [1.82, 2.24) is 4.40 Å². The van der Waals surface area contributed by atoms with E-state index in [0.717, 1.165) is 38.5 Å². The Hall–Kier alpha value is -2.38. The average molecular weight is 293 g/mol. The Morgan fingerprint density at radius 1 is 1.24 bits per heavy atom. The summed E-state index contributed by atoms with van der Waals surface area (Å²) in [5.74, 6) is 0.734. The summed E-state index contributed by atoms with van der Waals surface area (Å²) in [6, 6.07) is 14.2. The first-order valence-electron chi connectivity index (χ1n) is 6.67. The first kappa shape index (κ1) is 13.6. The summed E-state index contributed by atoms with van der Waals surface area (Å²) < 4.78 is 1.99. The number of pyridine rings is 1. The molecule has 0 radical (unpaired) electrons. The van der Waals surface area contributed by atoms with Gasteiger partial charge in [0, 0.05) is 28.7 Å². The number of benzene rings is 1. The Bertz CT molecular complexity index is 843. The molecule has 3 aromatic rings. The number of aromatic nitrogens is 1. The van der Waals surface area contributed by atoms with Gasteiger partial charge in [-0.05, 0) is 36.2 Å². The molecule has 0 unspecified atom stereocenters. The highest BCUT2D eigenvalue weighted by atomic mass is 32.2. The van der Waals surface area contributed by atoms with Crippen LogP contribution in [0, 0.1) is 18.3 Å². The third-order valence-corrected chi connectivity index (χ3v) is 4.66. The van der Waals surface area contributed by atoms with Crippen LogP contribution in [0.5, 0.6) is 0 Å². The van der Waals surface area contributed by atoms with Crippen LogP contribution in [0.25, 0.3) is 5.52 Å². The van der Waals surface area contributed by atoms with Crippen LogP contribution in [0.2, 0.25) is 0 Å². The largest absolute Gasteiger partial charge is 0.398 e. The second-order valence-electron chi connectivity index (χ2n) is 4.91. The number of hydrogen-bond donors (Lipinski definition) is 1. The van der Waals surface area contributed by atoms with Crippen LogP contribution in [-0.2, 0) is 5.75 Å². The summed E-state index contributed by atoms with van der Waals surface area (Å²) in [4.78, 5) is 1.06. The average Bonchev–Trinajstić information content (AvgIpc) is 2.86. The topological polar surface area (TPSA) is 54.2 Å². The molecule has 0 atom stereocenters. The molecule has 3 nitrogen and oxygen atoms in total. The molecule has 4 heteroatoms. The lowest BCUT2D eigenvalue weighted by Crippen LogP contribution is -1.92. The minimum Gasteiger partial charge on any atom is -0.398 e. The molecule has 2 N–H and O–H groups in total. The maximum Gasteiger partial charge on any atom is 0.102 e. The summed E-state index contributed by atoms with van der Waals surface area (Å²) in [6.07, 6.45) is 3.98. The molecule has 2 heterocycles. The number of hydrogen-bond acceptors (Lipinski definition) is 3. The molecule has 0 aliphatic heterocycles. The van der Waals surface area contributed by atoms with Crippen molar-refractivity contribution in [1.29, 1.82) is 5.26 Å². The molecule has 0 aliphatic carbocycles. The van der Waals surface area contributed by atoms with Crippen molar-refractivity contribution in [2.24, 2.45) is 0 Å². The van der Waals surface area contributed by atoms with Crippen LogP contribution in [-0.4, -0.2) is 4.40 Å². The number of para-hydroxylation sites is 1. The highest BCUT2D eigenvalue weighted by molar-refractivity contribution is 7.98. The first-order chi connectivity index (χ1) is 10.2. The maximum absolute atomic E-state index is 9.40. The summed E-state index contributed by atoms with van der Waals surface area (Å²) >= 11 is 1.67. The Balaban J connectivity index is 1.92. The number of fused-ring (bicyclic) bond motifs is 1. The zero-order valence-electron chi connectivity index (χ0n) is 11.7. The van der Waals surface area contributed by atoms with E-state index in [0.29, 0.717) is 0 Å². The Kier molecular flexibility index (Phi) is 3.59. The van der Waals surface area contributed by atoms with E-state index >= 15 is 0 Å². The van der Waals surface area contributed by atoms with E-state index in [9.17, 15) is 5.26 Å². The molecule has 0 spiro atoms. The van der Waals surface area contributed by atoms with Gasteiger partial charge in [-0.25, -0.2) is 0 Å². The number of nitrogen functional groups attached to an aromatic ring is 1. The molecule has 0 saturated carbocycles. The number of nitrogens with zero attached hydrogens (tertiary/aromatic N) is 2. The Labute approximate surface area is 128 Å².